The first-order valence-electron chi connectivity index (χ1n) is 9.60. The SMILES string of the molecule is CS(=O)(=O)NCC(=O)COc1ccc(CCc2cc(Cl)c(OCC(O)CCl)c(Cl)c2)cc1. The number of rotatable bonds is 13. The third-order valence-electron chi connectivity index (χ3n) is 4.21. The lowest BCUT2D eigenvalue weighted by Gasteiger charge is -2.14. The number of sulfonamides is 1. The van der Waals surface area contributed by atoms with E-state index < -0.39 is 16.1 Å². The van der Waals surface area contributed by atoms with Gasteiger partial charge in [-0.1, -0.05) is 35.3 Å². The first kappa shape index (κ1) is 26.7. The van der Waals surface area contributed by atoms with Gasteiger partial charge in [-0.25, -0.2) is 13.1 Å². The smallest absolute Gasteiger partial charge is 0.209 e. The molecule has 11 heteroatoms. The number of halogens is 3. The second-order valence-corrected chi connectivity index (χ2v) is 10.0. The largest absolute Gasteiger partial charge is 0.488 e. The van der Waals surface area contributed by atoms with Crippen molar-refractivity contribution in [1.82, 2.24) is 4.72 Å². The summed E-state index contributed by atoms with van der Waals surface area (Å²) in [5.74, 6) is 0.489. The summed E-state index contributed by atoms with van der Waals surface area (Å²) in [6.07, 6.45) is 1.57. The fourth-order valence-corrected chi connectivity index (χ4v) is 3.74. The summed E-state index contributed by atoms with van der Waals surface area (Å²) in [5.41, 5.74) is 1.97. The molecule has 0 amide bonds. The van der Waals surface area contributed by atoms with Crippen LogP contribution in [0.3, 0.4) is 0 Å². The van der Waals surface area contributed by atoms with Gasteiger partial charge in [-0.2, -0.15) is 0 Å². The second-order valence-electron chi connectivity index (χ2n) is 7.07. The average molecular weight is 525 g/mol. The van der Waals surface area contributed by atoms with Crippen LogP contribution in [-0.2, 0) is 27.7 Å². The molecule has 1 unspecified atom stereocenters. The molecule has 2 aromatic carbocycles. The van der Waals surface area contributed by atoms with E-state index in [0.29, 0.717) is 28.0 Å². The number of aliphatic hydroxyl groups is 1. The number of alkyl halides is 1. The average Bonchev–Trinajstić information content (AvgIpc) is 2.74. The minimum atomic E-state index is -3.42. The Morgan fingerprint density at radius 2 is 1.66 bits per heavy atom. The number of ether oxygens (including phenoxy) is 2. The van der Waals surface area contributed by atoms with Crippen LogP contribution in [0.4, 0.5) is 0 Å². The molecule has 176 valence electrons. The molecule has 2 N–H and O–H groups in total. The highest BCUT2D eigenvalue weighted by atomic mass is 35.5. The van der Waals surface area contributed by atoms with Gasteiger partial charge in [-0.05, 0) is 48.2 Å². The predicted molar refractivity (Wildman–Crippen MR) is 126 cm³/mol. The number of nitrogens with one attached hydrogen (secondary N) is 1. The number of aliphatic hydroxyl groups excluding tert-OH is 1. The van der Waals surface area contributed by atoms with E-state index in [0.717, 1.165) is 23.8 Å². The highest BCUT2D eigenvalue weighted by Gasteiger charge is 2.12. The van der Waals surface area contributed by atoms with Gasteiger partial charge in [0.1, 0.15) is 25.1 Å². The molecule has 0 aromatic heterocycles. The molecular weight excluding hydrogens is 501 g/mol. The molecule has 32 heavy (non-hydrogen) atoms. The third kappa shape index (κ3) is 9.52. The van der Waals surface area contributed by atoms with Crippen molar-refractivity contribution in [1.29, 1.82) is 0 Å². The van der Waals surface area contributed by atoms with Crippen molar-refractivity contribution in [3.05, 3.63) is 57.6 Å². The third-order valence-corrected chi connectivity index (χ3v) is 5.80. The van der Waals surface area contributed by atoms with Crippen LogP contribution >= 0.6 is 34.8 Å². The number of aryl methyl sites for hydroxylation is 2. The van der Waals surface area contributed by atoms with Gasteiger partial charge < -0.3 is 14.6 Å². The molecule has 0 saturated carbocycles. The fourth-order valence-electron chi connectivity index (χ4n) is 2.59. The summed E-state index contributed by atoms with van der Waals surface area (Å²) in [6, 6.07) is 10.8. The molecule has 0 saturated heterocycles. The van der Waals surface area contributed by atoms with E-state index in [4.69, 9.17) is 44.3 Å². The van der Waals surface area contributed by atoms with E-state index in [1.54, 1.807) is 24.3 Å². The van der Waals surface area contributed by atoms with Gasteiger partial charge in [-0.15, -0.1) is 11.6 Å². The van der Waals surface area contributed by atoms with Crippen molar-refractivity contribution in [3.63, 3.8) is 0 Å². The van der Waals surface area contributed by atoms with Gasteiger partial charge in [0.15, 0.2) is 11.5 Å². The van der Waals surface area contributed by atoms with Gasteiger partial charge in [0.2, 0.25) is 10.0 Å². The molecule has 1 atom stereocenters. The molecule has 7 nitrogen and oxygen atoms in total. The molecule has 0 spiro atoms. The Bertz CT molecular complexity index is 992. The Morgan fingerprint density at radius 3 is 2.22 bits per heavy atom. The first-order valence-corrected chi connectivity index (χ1v) is 12.8. The van der Waals surface area contributed by atoms with Gasteiger partial charge in [0.05, 0.1) is 28.7 Å². The lowest BCUT2D eigenvalue weighted by Crippen LogP contribution is -2.31. The number of hydrogen-bond donors (Lipinski definition) is 2. The summed E-state index contributed by atoms with van der Waals surface area (Å²) < 4.78 is 34.9. The zero-order valence-electron chi connectivity index (χ0n) is 17.3. The van der Waals surface area contributed by atoms with E-state index in [1.807, 2.05) is 12.1 Å². The summed E-state index contributed by atoms with van der Waals surface area (Å²) >= 11 is 18.1. The highest BCUT2D eigenvalue weighted by Crippen LogP contribution is 2.34. The quantitative estimate of drug-likeness (QED) is 0.390. The van der Waals surface area contributed by atoms with Gasteiger partial charge in [0, 0.05) is 0 Å². The van der Waals surface area contributed by atoms with Crippen LogP contribution in [0.5, 0.6) is 11.5 Å². The molecule has 0 aliphatic carbocycles. The number of hydrogen-bond acceptors (Lipinski definition) is 6. The molecule has 0 aliphatic rings. The Hall–Kier alpha value is -1.55. The maximum absolute atomic E-state index is 11.7. The molecule has 0 fully saturated rings. The van der Waals surface area contributed by atoms with Gasteiger partial charge in [0.25, 0.3) is 0 Å². The standard InChI is InChI=1S/C21H24Cl3NO6S/c1-32(28,29)25-11-17(27)13-30-18-6-4-14(5-7-18)2-3-15-8-19(23)21(20(24)9-15)31-12-16(26)10-22/h4-9,16,25-26H,2-3,10-13H2,1H3. The van der Waals surface area contributed by atoms with E-state index in [9.17, 15) is 18.3 Å². The number of carbonyl (C=O) groups excluding carboxylic acids is 1. The zero-order valence-corrected chi connectivity index (χ0v) is 20.4. The fraction of sp³-hybridized carbons (Fsp3) is 0.381. The van der Waals surface area contributed by atoms with E-state index in [2.05, 4.69) is 4.72 Å². The summed E-state index contributed by atoms with van der Waals surface area (Å²) in [6.45, 7) is -0.537. The minimum absolute atomic E-state index is 0.00345. The molecule has 0 aliphatic heterocycles. The van der Waals surface area contributed by atoms with Crippen LogP contribution in [0.2, 0.25) is 10.0 Å². The summed E-state index contributed by atoms with van der Waals surface area (Å²) in [5, 5.41) is 10.2. The molecule has 0 heterocycles. The van der Waals surface area contributed by atoms with Gasteiger partial charge >= 0.3 is 0 Å². The van der Waals surface area contributed by atoms with Crippen molar-refractivity contribution in [2.75, 3.05) is 31.9 Å². The number of carbonyl (C=O) groups is 1. The zero-order chi connectivity index (χ0) is 23.7. The summed E-state index contributed by atoms with van der Waals surface area (Å²) in [7, 11) is -3.42. The van der Waals surface area contributed by atoms with E-state index >= 15 is 0 Å². The van der Waals surface area contributed by atoms with E-state index in [-0.39, 0.29) is 31.4 Å². The first-order chi connectivity index (χ1) is 15.1. The second kappa shape index (κ2) is 12.6. The Kier molecular flexibility index (Phi) is 10.5. The molecule has 0 bridgehead atoms. The number of Topliss-reactive ketones (excluding diaryl/α,β-unsaturated/α-hetero) is 1. The molecule has 0 radical (unpaired) electrons. The van der Waals surface area contributed by atoms with Crippen molar-refractivity contribution >= 4 is 50.6 Å². The Balaban J connectivity index is 1.86. The van der Waals surface area contributed by atoms with E-state index in [1.165, 1.54) is 0 Å². The molecule has 2 rings (SSSR count). The van der Waals surface area contributed by atoms with Crippen molar-refractivity contribution < 1.29 is 27.8 Å². The highest BCUT2D eigenvalue weighted by molar-refractivity contribution is 7.88. The summed E-state index contributed by atoms with van der Waals surface area (Å²) in [4.78, 5) is 11.7. The lowest BCUT2D eigenvalue weighted by atomic mass is 10.0. The number of ketones is 1. The van der Waals surface area contributed by atoms with Crippen molar-refractivity contribution in [2.45, 2.75) is 18.9 Å². The minimum Gasteiger partial charge on any atom is -0.488 e. The van der Waals surface area contributed by atoms with Crippen molar-refractivity contribution in [3.8, 4) is 11.5 Å². The molecular formula is C21H24Cl3NO6S. The Labute approximate surface area is 202 Å². The monoisotopic (exact) mass is 523 g/mol. The predicted octanol–water partition coefficient (Wildman–Crippen LogP) is 3.25. The van der Waals surface area contributed by atoms with Gasteiger partial charge in [-0.3, -0.25) is 4.79 Å². The van der Waals surface area contributed by atoms with Crippen LogP contribution < -0.4 is 14.2 Å². The van der Waals surface area contributed by atoms with Crippen LogP contribution in [0.15, 0.2) is 36.4 Å². The van der Waals surface area contributed by atoms with Crippen molar-refractivity contribution in [2.24, 2.45) is 0 Å². The maximum atomic E-state index is 11.7. The van der Waals surface area contributed by atoms with Crippen LogP contribution in [0.25, 0.3) is 0 Å². The Morgan fingerprint density at radius 1 is 1.06 bits per heavy atom. The topological polar surface area (TPSA) is 102 Å². The molecule has 2 aromatic rings. The normalized spacial score (nSPS) is 12.4. The van der Waals surface area contributed by atoms with Crippen LogP contribution in [-0.4, -0.2) is 57.3 Å². The lowest BCUT2D eigenvalue weighted by molar-refractivity contribution is -0.119. The van der Waals surface area contributed by atoms with Crippen LogP contribution in [0.1, 0.15) is 11.1 Å². The van der Waals surface area contributed by atoms with Crippen LogP contribution in [0, 0.1) is 0 Å². The maximum Gasteiger partial charge on any atom is 0.209 e. The number of benzene rings is 2.